The molecule has 3 unspecified atom stereocenters. The Balaban J connectivity index is 1.71. The van der Waals surface area contributed by atoms with E-state index < -0.39 is 0 Å². The normalized spacial score (nSPS) is 35.7. The first-order valence-corrected chi connectivity index (χ1v) is 5.72. The molecule has 0 amide bonds. The molecule has 2 rings (SSSR count). The zero-order chi connectivity index (χ0) is 10.7. The predicted octanol–water partition coefficient (Wildman–Crippen LogP) is 0.422. The highest BCUT2D eigenvalue weighted by Gasteiger charge is 2.31. The van der Waals surface area contributed by atoms with Crippen LogP contribution in [0.5, 0.6) is 0 Å². The van der Waals surface area contributed by atoms with Gasteiger partial charge >= 0.3 is 5.97 Å². The van der Waals surface area contributed by atoms with Gasteiger partial charge in [0.25, 0.3) is 0 Å². The van der Waals surface area contributed by atoms with E-state index >= 15 is 0 Å². The fourth-order valence-corrected chi connectivity index (χ4v) is 2.15. The molecule has 0 radical (unpaired) electrons. The van der Waals surface area contributed by atoms with Gasteiger partial charge in [-0.2, -0.15) is 0 Å². The van der Waals surface area contributed by atoms with Crippen LogP contribution < -0.4 is 5.32 Å². The number of esters is 1. The summed E-state index contributed by atoms with van der Waals surface area (Å²) in [6.07, 6.45) is 1.02. The van der Waals surface area contributed by atoms with Crippen molar-refractivity contribution in [1.82, 2.24) is 5.32 Å². The van der Waals surface area contributed by atoms with Crippen molar-refractivity contribution >= 4 is 5.97 Å². The van der Waals surface area contributed by atoms with Crippen LogP contribution in [0.1, 0.15) is 13.3 Å². The van der Waals surface area contributed by atoms with Crippen LogP contribution in [0.3, 0.4) is 0 Å². The third-order valence-corrected chi connectivity index (χ3v) is 3.31. The second-order valence-electron chi connectivity index (χ2n) is 4.60. The molecule has 0 bridgehead atoms. The third kappa shape index (κ3) is 2.69. The van der Waals surface area contributed by atoms with Crippen molar-refractivity contribution in [3.63, 3.8) is 0 Å². The molecule has 0 aromatic heterocycles. The summed E-state index contributed by atoms with van der Waals surface area (Å²) in [6.45, 7) is 5.86. The van der Waals surface area contributed by atoms with Gasteiger partial charge in [-0.3, -0.25) is 4.79 Å². The van der Waals surface area contributed by atoms with Crippen LogP contribution >= 0.6 is 0 Å². The first-order chi connectivity index (χ1) is 7.27. The molecular weight excluding hydrogens is 194 g/mol. The van der Waals surface area contributed by atoms with E-state index in [4.69, 9.17) is 9.47 Å². The molecule has 2 aliphatic heterocycles. The van der Waals surface area contributed by atoms with Crippen molar-refractivity contribution in [2.75, 3.05) is 32.9 Å². The number of ether oxygens (including phenoxy) is 2. The standard InChI is InChI=1S/C11H19NO3/c1-8-4-12-5-10(8)11(13)15-7-9-2-3-14-6-9/h8-10,12H,2-7H2,1H3. The van der Waals surface area contributed by atoms with Gasteiger partial charge in [-0.15, -0.1) is 0 Å². The average molecular weight is 213 g/mol. The molecular formula is C11H19NO3. The molecule has 0 aromatic carbocycles. The van der Waals surface area contributed by atoms with Crippen LogP contribution in [0, 0.1) is 17.8 Å². The minimum atomic E-state index is -0.0422. The van der Waals surface area contributed by atoms with Crippen LogP contribution in [-0.4, -0.2) is 38.9 Å². The van der Waals surface area contributed by atoms with E-state index in [0.29, 0.717) is 18.4 Å². The minimum Gasteiger partial charge on any atom is -0.465 e. The molecule has 2 saturated heterocycles. The molecule has 15 heavy (non-hydrogen) atoms. The van der Waals surface area contributed by atoms with Crippen LogP contribution in [0.2, 0.25) is 0 Å². The summed E-state index contributed by atoms with van der Waals surface area (Å²) in [5.74, 6) is 0.822. The van der Waals surface area contributed by atoms with Crippen molar-refractivity contribution in [1.29, 1.82) is 0 Å². The van der Waals surface area contributed by atoms with Gasteiger partial charge in [0.2, 0.25) is 0 Å². The van der Waals surface area contributed by atoms with Gasteiger partial charge in [-0.05, 0) is 18.9 Å². The summed E-state index contributed by atoms with van der Waals surface area (Å²) >= 11 is 0. The Morgan fingerprint density at radius 2 is 2.40 bits per heavy atom. The van der Waals surface area contributed by atoms with Gasteiger partial charge in [-0.1, -0.05) is 6.92 Å². The predicted molar refractivity (Wildman–Crippen MR) is 55.4 cm³/mol. The van der Waals surface area contributed by atoms with E-state index in [-0.39, 0.29) is 11.9 Å². The quantitative estimate of drug-likeness (QED) is 0.690. The molecule has 2 heterocycles. The lowest BCUT2D eigenvalue weighted by molar-refractivity contribution is -0.150. The highest BCUT2D eigenvalue weighted by Crippen LogP contribution is 2.19. The number of hydrogen-bond acceptors (Lipinski definition) is 4. The molecule has 0 saturated carbocycles. The van der Waals surface area contributed by atoms with E-state index in [2.05, 4.69) is 12.2 Å². The highest BCUT2D eigenvalue weighted by atomic mass is 16.5. The third-order valence-electron chi connectivity index (χ3n) is 3.31. The van der Waals surface area contributed by atoms with Crippen LogP contribution in [0.25, 0.3) is 0 Å². The Morgan fingerprint density at radius 3 is 3.00 bits per heavy atom. The molecule has 0 aliphatic carbocycles. The maximum Gasteiger partial charge on any atom is 0.310 e. The molecule has 3 atom stereocenters. The SMILES string of the molecule is CC1CNCC1C(=O)OCC1CCOC1. The lowest BCUT2D eigenvalue weighted by Crippen LogP contribution is -2.26. The van der Waals surface area contributed by atoms with E-state index in [1.165, 1.54) is 0 Å². The second-order valence-corrected chi connectivity index (χ2v) is 4.60. The maximum absolute atomic E-state index is 11.7. The number of rotatable bonds is 3. The number of hydrogen-bond donors (Lipinski definition) is 1. The van der Waals surface area contributed by atoms with E-state index in [0.717, 1.165) is 32.7 Å². The molecule has 0 aromatic rings. The Bertz CT molecular complexity index is 226. The Kier molecular flexibility index (Phi) is 3.59. The van der Waals surface area contributed by atoms with Crippen LogP contribution in [0.15, 0.2) is 0 Å². The van der Waals surface area contributed by atoms with Crippen LogP contribution in [-0.2, 0) is 14.3 Å². The largest absolute Gasteiger partial charge is 0.465 e. The zero-order valence-electron chi connectivity index (χ0n) is 9.20. The van der Waals surface area contributed by atoms with E-state index in [1.807, 2.05) is 0 Å². The van der Waals surface area contributed by atoms with Gasteiger partial charge in [0, 0.05) is 19.1 Å². The molecule has 4 nitrogen and oxygen atoms in total. The first-order valence-electron chi connectivity index (χ1n) is 5.72. The summed E-state index contributed by atoms with van der Waals surface area (Å²) in [4.78, 5) is 11.7. The first kappa shape index (κ1) is 10.9. The fraction of sp³-hybridized carbons (Fsp3) is 0.909. The Hall–Kier alpha value is -0.610. The summed E-state index contributed by atoms with van der Waals surface area (Å²) in [7, 11) is 0. The maximum atomic E-state index is 11.7. The van der Waals surface area contributed by atoms with Gasteiger partial charge < -0.3 is 14.8 Å². The topological polar surface area (TPSA) is 47.6 Å². The number of nitrogens with one attached hydrogen (secondary N) is 1. The van der Waals surface area contributed by atoms with Crippen molar-refractivity contribution in [3.05, 3.63) is 0 Å². The minimum absolute atomic E-state index is 0.0422. The van der Waals surface area contributed by atoms with E-state index in [9.17, 15) is 4.79 Å². The summed E-state index contributed by atoms with van der Waals surface area (Å²) in [5, 5.41) is 3.21. The molecule has 2 fully saturated rings. The van der Waals surface area contributed by atoms with Gasteiger partial charge in [0.05, 0.1) is 19.1 Å². The number of carbonyl (C=O) groups is 1. The van der Waals surface area contributed by atoms with E-state index in [1.54, 1.807) is 0 Å². The second kappa shape index (κ2) is 4.94. The number of carbonyl (C=O) groups excluding carboxylic acids is 1. The molecule has 2 aliphatic rings. The highest BCUT2D eigenvalue weighted by molar-refractivity contribution is 5.73. The monoisotopic (exact) mass is 213 g/mol. The van der Waals surface area contributed by atoms with Crippen molar-refractivity contribution in [2.45, 2.75) is 13.3 Å². The zero-order valence-corrected chi connectivity index (χ0v) is 9.20. The fourth-order valence-electron chi connectivity index (χ4n) is 2.15. The van der Waals surface area contributed by atoms with Gasteiger partial charge in [-0.25, -0.2) is 0 Å². The van der Waals surface area contributed by atoms with Gasteiger partial charge in [0.1, 0.15) is 0 Å². The Morgan fingerprint density at radius 1 is 1.53 bits per heavy atom. The molecule has 4 heteroatoms. The summed E-state index contributed by atoms with van der Waals surface area (Å²) in [6, 6.07) is 0. The molecule has 0 spiro atoms. The van der Waals surface area contributed by atoms with Gasteiger partial charge in [0.15, 0.2) is 0 Å². The van der Waals surface area contributed by atoms with Crippen molar-refractivity contribution in [2.24, 2.45) is 17.8 Å². The van der Waals surface area contributed by atoms with Crippen molar-refractivity contribution in [3.8, 4) is 0 Å². The smallest absolute Gasteiger partial charge is 0.310 e. The molecule has 86 valence electrons. The van der Waals surface area contributed by atoms with Crippen LogP contribution in [0.4, 0.5) is 0 Å². The lowest BCUT2D eigenvalue weighted by atomic mass is 9.98. The Labute approximate surface area is 90.3 Å². The van der Waals surface area contributed by atoms with Crippen molar-refractivity contribution < 1.29 is 14.3 Å². The average Bonchev–Trinajstić information content (AvgIpc) is 2.84. The lowest BCUT2D eigenvalue weighted by Gasteiger charge is -2.15. The summed E-state index contributed by atoms with van der Waals surface area (Å²) in [5.41, 5.74) is 0. The summed E-state index contributed by atoms with van der Waals surface area (Å²) < 4.78 is 10.6. The molecule has 1 N–H and O–H groups in total.